The van der Waals surface area contributed by atoms with Crippen LogP contribution in [0.15, 0.2) is 24.3 Å². The van der Waals surface area contributed by atoms with Gasteiger partial charge in [-0.15, -0.1) is 0 Å². The molecule has 1 rings (SSSR count). The highest BCUT2D eigenvalue weighted by molar-refractivity contribution is 7.92. The third kappa shape index (κ3) is 5.04. The molecule has 0 unspecified atom stereocenters. The Hall–Kier alpha value is -1.56. The van der Waals surface area contributed by atoms with Gasteiger partial charge in [-0.3, -0.25) is 9.10 Å². The van der Waals surface area contributed by atoms with E-state index in [9.17, 15) is 13.2 Å². The molecular formula is C15H24N2O3S. The lowest BCUT2D eigenvalue weighted by Crippen LogP contribution is -2.32. The number of carbonyl (C=O) groups excluding carboxylic acids is 1. The van der Waals surface area contributed by atoms with Crippen LogP contribution in [-0.2, 0) is 10.0 Å². The Labute approximate surface area is 127 Å². The first-order valence-corrected chi connectivity index (χ1v) is 9.03. The van der Waals surface area contributed by atoms with Crippen molar-refractivity contribution >= 4 is 21.6 Å². The van der Waals surface area contributed by atoms with Gasteiger partial charge in [-0.2, -0.15) is 0 Å². The Kier molecular flexibility index (Phi) is 6.20. The molecule has 0 radical (unpaired) electrons. The molecule has 1 amide bonds. The van der Waals surface area contributed by atoms with Gasteiger partial charge in [-0.25, -0.2) is 8.42 Å². The fourth-order valence-electron chi connectivity index (χ4n) is 2.20. The fraction of sp³-hybridized carbons (Fsp3) is 0.533. The van der Waals surface area contributed by atoms with Crippen LogP contribution in [0.2, 0.25) is 0 Å². The molecule has 6 heteroatoms. The normalized spacial score (nSPS) is 12.8. The summed E-state index contributed by atoms with van der Waals surface area (Å²) in [6.07, 6.45) is 3.12. The number of hydrogen-bond acceptors (Lipinski definition) is 3. The van der Waals surface area contributed by atoms with Crippen molar-refractivity contribution in [3.05, 3.63) is 29.8 Å². The first kappa shape index (κ1) is 17.5. The lowest BCUT2D eigenvalue weighted by Gasteiger charge is -2.20. The molecule has 118 valence electrons. The van der Waals surface area contributed by atoms with Crippen LogP contribution >= 0.6 is 0 Å². The maximum Gasteiger partial charge on any atom is 0.251 e. The highest BCUT2D eigenvalue weighted by atomic mass is 32.2. The van der Waals surface area contributed by atoms with Crippen molar-refractivity contribution in [2.45, 2.75) is 39.7 Å². The molecule has 5 nitrogen and oxygen atoms in total. The molecule has 0 fully saturated rings. The minimum atomic E-state index is -3.29. The van der Waals surface area contributed by atoms with Gasteiger partial charge in [0.15, 0.2) is 0 Å². The summed E-state index contributed by atoms with van der Waals surface area (Å²) in [4.78, 5) is 12.0. The van der Waals surface area contributed by atoms with Crippen LogP contribution in [-0.4, -0.2) is 33.2 Å². The van der Waals surface area contributed by atoms with Gasteiger partial charge in [-0.1, -0.05) is 13.3 Å². The molecule has 0 heterocycles. The minimum Gasteiger partial charge on any atom is -0.350 e. The second-order valence-electron chi connectivity index (χ2n) is 5.14. The van der Waals surface area contributed by atoms with Gasteiger partial charge >= 0.3 is 0 Å². The zero-order chi connectivity index (χ0) is 16.0. The third-order valence-corrected chi connectivity index (χ3v) is 4.47. The van der Waals surface area contributed by atoms with Crippen molar-refractivity contribution in [2.75, 3.05) is 17.1 Å². The van der Waals surface area contributed by atoms with Crippen LogP contribution in [0.3, 0.4) is 0 Å². The summed E-state index contributed by atoms with van der Waals surface area (Å²) in [6, 6.07) is 6.74. The number of sulfonamides is 1. The average molecular weight is 312 g/mol. The summed E-state index contributed by atoms with van der Waals surface area (Å²) >= 11 is 0. The van der Waals surface area contributed by atoms with Crippen LogP contribution < -0.4 is 9.62 Å². The summed E-state index contributed by atoms with van der Waals surface area (Å²) in [5.41, 5.74) is 1.10. The summed E-state index contributed by atoms with van der Waals surface area (Å²) in [7, 11) is -3.29. The molecule has 0 saturated carbocycles. The predicted molar refractivity (Wildman–Crippen MR) is 86.1 cm³/mol. The number of amides is 1. The number of nitrogens with zero attached hydrogens (tertiary/aromatic N) is 1. The topological polar surface area (TPSA) is 66.5 Å². The van der Waals surface area contributed by atoms with E-state index in [1.54, 1.807) is 31.2 Å². The molecule has 0 saturated heterocycles. The number of anilines is 1. The van der Waals surface area contributed by atoms with Gasteiger partial charge in [0.1, 0.15) is 0 Å². The Morgan fingerprint density at radius 2 is 1.81 bits per heavy atom. The van der Waals surface area contributed by atoms with Crippen molar-refractivity contribution < 1.29 is 13.2 Å². The number of hydrogen-bond donors (Lipinski definition) is 1. The number of nitrogens with one attached hydrogen (secondary N) is 1. The highest BCUT2D eigenvalue weighted by Crippen LogP contribution is 2.18. The molecule has 1 N–H and O–H groups in total. The second-order valence-corrected chi connectivity index (χ2v) is 7.04. The number of benzene rings is 1. The van der Waals surface area contributed by atoms with Crippen molar-refractivity contribution in [3.8, 4) is 0 Å². The average Bonchev–Trinajstić information content (AvgIpc) is 2.38. The van der Waals surface area contributed by atoms with Gasteiger partial charge in [0.05, 0.1) is 11.9 Å². The van der Waals surface area contributed by atoms with Crippen molar-refractivity contribution in [3.63, 3.8) is 0 Å². The molecular weight excluding hydrogens is 288 g/mol. The molecule has 0 aliphatic rings. The van der Waals surface area contributed by atoms with E-state index < -0.39 is 10.0 Å². The van der Waals surface area contributed by atoms with Gasteiger partial charge < -0.3 is 5.32 Å². The SMILES string of the molecule is CCC[C@@H](C)NC(=O)c1ccc(N(CC)S(C)(=O)=O)cc1. The first-order valence-electron chi connectivity index (χ1n) is 7.18. The van der Waals surface area contributed by atoms with E-state index in [4.69, 9.17) is 0 Å². The predicted octanol–water partition coefficient (Wildman–Crippen LogP) is 2.39. The van der Waals surface area contributed by atoms with Crippen LogP contribution in [0.25, 0.3) is 0 Å². The molecule has 0 aromatic heterocycles. The Morgan fingerprint density at radius 1 is 1.24 bits per heavy atom. The first-order chi connectivity index (χ1) is 9.79. The van der Waals surface area contributed by atoms with E-state index in [1.165, 1.54) is 10.6 Å². The largest absolute Gasteiger partial charge is 0.350 e. The second kappa shape index (κ2) is 7.45. The molecule has 21 heavy (non-hydrogen) atoms. The maximum atomic E-state index is 12.0. The van der Waals surface area contributed by atoms with Gasteiger partial charge in [0, 0.05) is 18.2 Å². The zero-order valence-electron chi connectivity index (χ0n) is 13.1. The van der Waals surface area contributed by atoms with E-state index in [1.807, 2.05) is 6.92 Å². The van der Waals surface area contributed by atoms with Crippen molar-refractivity contribution in [2.24, 2.45) is 0 Å². The molecule has 0 spiro atoms. The monoisotopic (exact) mass is 312 g/mol. The lowest BCUT2D eigenvalue weighted by molar-refractivity contribution is 0.0938. The van der Waals surface area contributed by atoms with E-state index in [-0.39, 0.29) is 11.9 Å². The van der Waals surface area contributed by atoms with E-state index >= 15 is 0 Å². The molecule has 0 aliphatic carbocycles. The van der Waals surface area contributed by atoms with E-state index in [0.29, 0.717) is 17.8 Å². The van der Waals surface area contributed by atoms with E-state index in [2.05, 4.69) is 12.2 Å². The fourth-order valence-corrected chi connectivity index (χ4v) is 3.17. The van der Waals surface area contributed by atoms with Crippen LogP contribution in [0.1, 0.15) is 44.0 Å². The molecule has 0 aliphatic heterocycles. The minimum absolute atomic E-state index is 0.130. The Bertz CT molecular complexity index is 567. The van der Waals surface area contributed by atoms with Gasteiger partial charge in [0.25, 0.3) is 5.91 Å². The van der Waals surface area contributed by atoms with Crippen molar-refractivity contribution in [1.82, 2.24) is 5.32 Å². The highest BCUT2D eigenvalue weighted by Gasteiger charge is 2.16. The number of carbonyl (C=O) groups is 1. The Balaban J connectivity index is 2.85. The van der Waals surface area contributed by atoms with Crippen LogP contribution in [0.5, 0.6) is 0 Å². The van der Waals surface area contributed by atoms with Gasteiger partial charge in [0.2, 0.25) is 10.0 Å². The summed E-state index contributed by atoms with van der Waals surface area (Å²) in [5, 5.41) is 2.92. The molecule has 0 bridgehead atoms. The maximum absolute atomic E-state index is 12.0. The van der Waals surface area contributed by atoms with Crippen LogP contribution in [0.4, 0.5) is 5.69 Å². The van der Waals surface area contributed by atoms with E-state index in [0.717, 1.165) is 12.8 Å². The molecule has 1 aromatic carbocycles. The summed E-state index contributed by atoms with van der Waals surface area (Å²) < 4.78 is 24.6. The van der Waals surface area contributed by atoms with Gasteiger partial charge in [-0.05, 0) is 44.5 Å². The smallest absolute Gasteiger partial charge is 0.251 e. The molecule has 1 aromatic rings. The van der Waals surface area contributed by atoms with Crippen molar-refractivity contribution in [1.29, 1.82) is 0 Å². The summed E-state index contributed by atoms with van der Waals surface area (Å²) in [6.45, 7) is 6.17. The zero-order valence-corrected chi connectivity index (χ0v) is 13.9. The third-order valence-electron chi connectivity index (χ3n) is 3.20. The Morgan fingerprint density at radius 3 is 2.24 bits per heavy atom. The molecule has 1 atom stereocenters. The number of rotatable bonds is 7. The van der Waals surface area contributed by atoms with Crippen LogP contribution in [0, 0.1) is 0 Å². The quantitative estimate of drug-likeness (QED) is 0.840. The standard InChI is InChI=1S/C15H24N2O3S/c1-5-7-12(3)16-15(18)13-8-10-14(11-9-13)17(6-2)21(4,19)20/h8-12H,5-7H2,1-4H3,(H,16,18)/t12-/m1/s1. The summed E-state index contributed by atoms with van der Waals surface area (Å²) in [5.74, 6) is -0.134. The lowest BCUT2D eigenvalue weighted by atomic mass is 10.1.